The number of nitrogens with zero attached hydrogens (tertiary/aromatic N) is 2. The zero-order chi connectivity index (χ0) is 23.6. The van der Waals surface area contributed by atoms with Crippen LogP contribution < -0.4 is 5.32 Å². The lowest BCUT2D eigenvalue weighted by atomic mass is 10.1. The quantitative estimate of drug-likeness (QED) is 0.391. The molecule has 0 saturated carbocycles. The molecule has 1 heterocycles. The summed E-state index contributed by atoms with van der Waals surface area (Å²) in [6.45, 7) is 7.17. The van der Waals surface area contributed by atoms with Gasteiger partial charge in [-0.25, -0.2) is 4.79 Å². The van der Waals surface area contributed by atoms with Crippen molar-refractivity contribution in [1.29, 1.82) is 0 Å². The number of thiophene rings is 1. The first kappa shape index (κ1) is 24.5. The van der Waals surface area contributed by atoms with Gasteiger partial charge in [0.05, 0.1) is 6.54 Å². The molecule has 2 aromatic carbocycles. The lowest BCUT2D eigenvalue weighted by Crippen LogP contribution is -2.47. The van der Waals surface area contributed by atoms with E-state index in [4.69, 9.17) is 0 Å². The Kier molecular flexibility index (Phi) is 9.07. The highest BCUT2D eigenvalue weighted by Crippen LogP contribution is 2.17. The van der Waals surface area contributed by atoms with Crippen LogP contribution in [0.3, 0.4) is 0 Å². The van der Waals surface area contributed by atoms with Crippen LogP contribution >= 0.6 is 11.3 Å². The molecule has 0 radical (unpaired) electrons. The fourth-order valence-corrected chi connectivity index (χ4v) is 4.26. The molecule has 0 fully saturated rings. The van der Waals surface area contributed by atoms with E-state index in [0.717, 1.165) is 29.0 Å². The highest BCUT2D eigenvalue weighted by atomic mass is 32.1. The fourth-order valence-electron chi connectivity index (χ4n) is 3.54. The smallest absolute Gasteiger partial charge is 0.322 e. The molecule has 6 heteroatoms. The van der Waals surface area contributed by atoms with Crippen LogP contribution in [0.25, 0.3) is 0 Å². The maximum Gasteiger partial charge on any atom is 0.322 e. The standard InChI is InChI=1S/C27H33N3O2S/c1-4-21(3)30(27(32)28-24-15-13-22(5-2)14-16-24)20-26(31)29(19-25-12-9-17-33-25)18-23-10-7-6-8-11-23/h6-17,21H,4-5,18-20H2,1-3H3,(H,28,32). The zero-order valence-corrected chi connectivity index (χ0v) is 20.5. The van der Waals surface area contributed by atoms with Crippen LogP contribution in [0.4, 0.5) is 10.5 Å². The van der Waals surface area contributed by atoms with Gasteiger partial charge in [0, 0.05) is 23.2 Å². The Morgan fingerprint density at radius 3 is 2.24 bits per heavy atom. The van der Waals surface area contributed by atoms with E-state index in [-0.39, 0.29) is 24.5 Å². The number of anilines is 1. The average molecular weight is 464 g/mol. The van der Waals surface area contributed by atoms with E-state index >= 15 is 0 Å². The van der Waals surface area contributed by atoms with E-state index in [0.29, 0.717) is 13.1 Å². The minimum Gasteiger partial charge on any atom is -0.332 e. The molecule has 0 bridgehead atoms. The second kappa shape index (κ2) is 12.2. The SMILES string of the molecule is CCc1ccc(NC(=O)N(CC(=O)N(Cc2ccccc2)Cc2cccs2)C(C)CC)cc1. The maximum atomic E-state index is 13.5. The highest BCUT2D eigenvalue weighted by molar-refractivity contribution is 7.09. The Hall–Kier alpha value is -3.12. The number of aryl methyl sites for hydroxylation is 1. The van der Waals surface area contributed by atoms with E-state index in [9.17, 15) is 9.59 Å². The number of hydrogen-bond acceptors (Lipinski definition) is 3. The summed E-state index contributed by atoms with van der Waals surface area (Å²) in [6, 6.07) is 21.5. The Labute approximate surface area is 201 Å². The molecule has 1 aromatic heterocycles. The summed E-state index contributed by atoms with van der Waals surface area (Å²) in [4.78, 5) is 31.2. The van der Waals surface area contributed by atoms with Crippen LogP contribution in [0.15, 0.2) is 72.1 Å². The number of urea groups is 1. The minimum atomic E-state index is -0.252. The highest BCUT2D eigenvalue weighted by Gasteiger charge is 2.25. The lowest BCUT2D eigenvalue weighted by molar-refractivity contribution is -0.133. The number of carbonyl (C=O) groups is 2. The first-order chi connectivity index (χ1) is 16.0. The second-order valence-corrected chi connectivity index (χ2v) is 9.21. The lowest BCUT2D eigenvalue weighted by Gasteiger charge is -2.31. The molecule has 1 atom stereocenters. The molecule has 1 N–H and O–H groups in total. The van der Waals surface area contributed by atoms with Crippen molar-refractivity contribution in [3.63, 3.8) is 0 Å². The molecule has 5 nitrogen and oxygen atoms in total. The Bertz CT molecular complexity index is 1000. The van der Waals surface area contributed by atoms with Gasteiger partial charge in [-0.05, 0) is 54.5 Å². The molecular formula is C27H33N3O2S. The molecule has 0 aliphatic heterocycles. The number of benzene rings is 2. The predicted molar refractivity (Wildman–Crippen MR) is 136 cm³/mol. The van der Waals surface area contributed by atoms with Crippen LogP contribution in [-0.2, 0) is 24.3 Å². The summed E-state index contributed by atoms with van der Waals surface area (Å²) in [7, 11) is 0. The molecule has 3 rings (SSSR count). The van der Waals surface area contributed by atoms with Crippen molar-refractivity contribution in [2.24, 2.45) is 0 Å². The summed E-state index contributed by atoms with van der Waals surface area (Å²) in [5.41, 5.74) is 3.02. The van der Waals surface area contributed by atoms with Crippen molar-refractivity contribution in [1.82, 2.24) is 9.80 Å². The topological polar surface area (TPSA) is 52.7 Å². The van der Waals surface area contributed by atoms with Gasteiger partial charge in [0.25, 0.3) is 0 Å². The third-order valence-corrected chi connectivity index (χ3v) is 6.66. The van der Waals surface area contributed by atoms with E-state index in [1.807, 2.05) is 90.9 Å². The third kappa shape index (κ3) is 7.19. The van der Waals surface area contributed by atoms with Crippen LogP contribution in [0.5, 0.6) is 0 Å². The molecule has 0 aliphatic rings. The molecule has 0 spiro atoms. The number of nitrogens with one attached hydrogen (secondary N) is 1. The summed E-state index contributed by atoms with van der Waals surface area (Å²) < 4.78 is 0. The summed E-state index contributed by atoms with van der Waals surface area (Å²) >= 11 is 1.63. The molecule has 3 amide bonds. The van der Waals surface area contributed by atoms with Crippen LogP contribution in [-0.4, -0.2) is 34.3 Å². The summed E-state index contributed by atoms with van der Waals surface area (Å²) in [5.74, 6) is -0.0657. The van der Waals surface area contributed by atoms with Crippen molar-refractivity contribution < 1.29 is 9.59 Å². The minimum absolute atomic E-state index is 0.0338. The first-order valence-corrected chi connectivity index (χ1v) is 12.4. The molecule has 174 valence electrons. The zero-order valence-electron chi connectivity index (χ0n) is 19.7. The Balaban J connectivity index is 1.75. The van der Waals surface area contributed by atoms with E-state index in [2.05, 4.69) is 12.2 Å². The Morgan fingerprint density at radius 1 is 0.909 bits per heavy atom. The van der Waals surface area contributed by atoms with Gasteiger partial charge in [-0.2, -0.15) is 0 Å². The largest absolute Gasteiger partial charge is 0.332 e. The van der Waals surface area contributed by atoms with Crippen LogP contribution in [0.1, 0.15) is 43.2 Å². The molecule has 33 heavy (non-hydrogen) atoms. The van der Waals surface area contributed by atoms with Crippen LogP contribution in [0.2, 0.25) is 0 Å². The van der Waals surface area contributed by atoms with Gasteiger partial charge >= 0.3 is 6.03 Å². The van der Waals surface area contributed by atoms with E-state index in [1.165, 1.54) is 5.56 Å². The van der Waals surface area contributed by atoms with Gasteiger partial charge in [0.2, 0.25) is 5.91 Å². The first-order valence-electron chi connectivity index (χ1n) is 11.5. The molecule has 0 aliphatic carbocycles. The van der Waals surface area contributed by atoms with E-state index < -0.39 is 0 Å². The molecule has 1 unspecified atom stereocenters. The predicted octanol–water partition coefficient (Wildman–Crippen LogP) is 6.17. The van der Waals surface area contributed by atoms with Gasteiger partial charge < -0.3 is 15.1 Å². The number of rotatable bonds is 10. The van der Waals surface area contributed by atoms with Crippen molar-refractivity contribution in [2.75, 3.05) is 11.9 Å². The van der Waals surface area contributed by atoms with Crippen molar-refractivity contribution in [3.8, 4) is 0 Å². The van der Waals surface area contributed by atoms with Crippen molar-refractivity contribution in [3.05, 3.63) is 88.1 Å². The second-order valence-electron chi connectivity index (χ2n) is 8.18. The summed E-state index contributed by atoms with van der Waals surface area (Å²) in [5, 5.41) is 4.98. The molecule has 3 aromatic rings. The normalized spacial score (nSPS) is 11.6. The van der Waals surface area contributed by atoms with Gasteiger partial charge in [0.1, 0.15) is 6.54 Å². The summed E-state index contributed by atoms with van der Waals surface area (Å²) in [6.07, 6.45) is 1.71. The molecule has 0 saturated heterocycles. The molecular weight excluding hydrogens is 430 g/mol. The monoisotopic (exact) mass is 463 g/mol. The van der Waals surface area contributed by atoms with E-state index in [1.54, 1.807) is 16.2 Å². The van der Waals surface area contributed by atoms with Gasteiger partial charge in [-0.1, -0.05) is 62.4 Å². The van der Waals surface area contributed by atoms with Gasteiger partial charge in [-0.15, -0.1) is 11.3 Å². The number of amides is 3. The van der Waals surface area contributed by atoms with Crippen molar-refractivity contribution >= 4 is 29.0 Å². The van der Waals surface area contributed by atoms with Gasteiger partial charge in [0.15, 0.2) is 0 Å². The van der Waals surface area contributed by atoms with Crippen molar-refractivity contribution in [2.45, 2.75) is 52.7 Å². The third-order valence-electron chi connectivity index (χ3n) is 5.80. The number of carbonyl (C=O) groups excluding carboxylic acids is 2. The fraction of sp³-hybridized carbons (Fsp3) is 0.333. The average Bonchev–Trinajstić information content (AvgIpc) is 3.35. The van der Waals surface area contributed by atoms with Crippen LogP contribution in [0, 0.1) is 0 Å². The maximum absolute atomic E-state index is 13.5. The Morgan fingerprint density at radius 2 is 1.64 bits per heavy atom. The van der Waals surface area contributed by atoms with Gasteiger partial charge in [-0.3, -0.25) is 4.79 Å². The number of hydrogen-bond donors (Lipinski definition) is 1.